The molecule has 3 nitrogen and oxygen atoms in total. The summed E-state index contributed by atoms with van der Waals surface area (Å²) in [7, 11) is 0. The maximum absolute atomic E-state index is 11.6. The van der Waals surface area contributed by atoms with E-state index in [0.717, 1.165) is 0 Å². The fourth-order valence-electron chi connectivity index (χ4n) is 1.19. The van der Waals surface area contributed by atoms with E-state index in [1.54, 1.807) is 36.4 Å². The van der Waals surface area contributed by atoms with Gasteiger partial charge < -0.3 is 4.84 Å². The van der Waals surface area contributed by atoms with Crippen molar-refractivity contribution in [3.05, 3.63) is 66.2 Å². The van der Waals surface area contributed by atoms with Crippen LogP contribution in [0.3, 0.4) is 0 Å². The van der Waals surface area contributed by atoms with Gasteiger partial charge in [0.05, 0.1) is 0 Å². The van der Waals surface area contributed by atoms with Crippen LogP contribution in [0.1, 0.15) is 10.4 Å². The highest BCUT2D eigenvalue weighted by Crippen LogP contribution is 2.07. The van der Waals surface area contributed by atoms with Crippen LogP contribution in [0.25, 0.3) is 0 Å². The molecule has 0 aliphatic rings. The van der Waals surface area contributed by atoms with Crippen molar-refractivity contribution in [2.75, 3.05) is 0 Å². The van der Waals surface area contributed by atoms with E-state index >= 15 is 0 Å². The van der Waals surface area contributed by atoms with Crippen LogP contribution < -0.4 is 10.3 Å². The quantitative estimate of drug-likeness (QED) is 0.792. The van der Waals surface area contributed by atoms with Crippen molar-refractivity contribution >= 4 is 5.91 Å². The summed E-state index contributed by atoms with van der Waals surface area (Å²) in [6.45, 7) is 0. The van der Waals surface area contributed by atoms with Gasteiger partial charge in [-0.05, 0) is 30.3 Å². The summed E-state index contributed by atoms with van der Waals surface area (Å²) in [4.78, 5) is 16.7. The van der Waals surface area contributed by atoms with Crippen LogP contribution in [0.15, 0.2) is 54.6 Å². The lowest BCUT2D eigenvalue weighted by atomic mass is 10.2. The Bertz CT molecular complexity index is 454. The van der Waals surface area contributed by atoms with E-state index in [0.29, 0.717) is 11.3 Å². The number of carbonyl (C=O) groups is 1. The Labute approximate surface area is 93.6 Å². The minimum atomic E-state index is -0.291. The molecule has 0 spiro atoms. The lowest BCUT2D eigenvalue weighted by Crippen LogP contribution is -2.26. The number of benzene rings is 2. The summed E-state index contributed by atoms with van der Waals surface area (Å²) in [5, 5.41) is 0. The highest BCUT2D eigenvalue weighted by molar-refractivity contribution is 5.93. The second kappa shape index (κ2) is 4.98. The molecular formula is C13H10NO2. The fraction of sp³-hybridized carbons (Fsp3) is 0. The molecule has 2 aromatic rings. The molecule has 0 unspecified atom stereocenters. The van der Waals surface area contributed by atoms with Crippen molar-refractivity contribution in [1.29, 1.82) is 0 Å². The Morgan fingerprint density at radius 1 is 1.12 bits per heavy atom. The Kier molecular flexibility index (Phi) is 3.18. The number of rotatable bonds is 3. The van der Waals surface area contributed by atoms with Crippen molar-refractivity contribution in [1.82, 2.24) is 5.48 Å². The number of hydroxylamine groups is 1. The summed E-state index contributed by atoms with van der Waals surface area (Å²) in [5.41, 5.74) is 2.87. The zero-order valence-electron chi connectivity index (χ0n) is 8.51. The van der Waals surface area contributed by atoms with Gasteiger partial charge in [0.2, 0.25) is 0 Å². The van der Waals surface area contributed by atoms with Crippen LogP contribution in [0.2, 0.25) is 0 Å². The van der Waals surface area contributed by atoms with Crippen LogP contribution in [0.5, 0.6) is 5.75 Å². The van der Waals surface area contributed by atoms with Gasteiger partial charge in [-0.2, -0.15) is 5.48 Å². The molecule has 0 aliphatic heterocycles. The van der Waals surface area contributed by atoms with E-state index in [-0.39, 0.29) is 5.91 Å². The van der Waals surface area contributed by atoms with Gasteiger partial charge in [0.25, 0.3) is 5.91 Å². The van der Waals surface area contributed by atoms with Gasteiger partial charge in [0, 0.05) is 5.56 Å². The fourth-order valence-corrected chi connectivity index (χ4v) is 1.19. The molecule has 2 rings (SSSR count). The Morgan fingerprint density at radius 2 is 1.94 bits per heavy atom. The molecule has 1 radical (unpaired) electrons. The summed E-state index contributed by atoms with van der Waals surface area (Å²) >= 11 is 0. The number of amides is 1. The Balaban J connectivity index is 1.95. The van der Waals surface area contributed by atoms with Crippen molar-refractivity contribution in [2.45, 2.75) is 0 Å². The Hall–Kier alpha value is -2.29. The predicted octanol–water partition coefficient (Wildman–Crippen LogP) is 2.21. The normalized spacial score (nSPS) is 9.50. The zero-order chi connectivity index (χ0) is 11.2. The van der Waals surface area contributed by atoms with Crippen LogP contribution >= 0.6 is 0 Å². The number of carbonyl (C=O) groups excluding carboxylic acids is 1. The van der Waals surface area contributed by atoms with E-state index in [9.17, 15) is 4.79 Å². The van der Waals surface area contributed by atoms with Gasteiger partial charge in [-0.1, -0.05) is 30.3 Å². The van der Waals surface area contributed by atoms with Gasteiger partial charge in [-0.15, -0.1) is 0 Å². The van der Waals surface area contributed by atoms with E-state index in [1.165, 1.54) is 0 Å². The van der Waals surface area contributed by atoms with Crippen molar-refractivity contribution in [2.24, 2.45) is 0 Å². The monoisotopic (exact) mass is 212 g/mol. The van der Waals surface area contributed by atoms with Crippen LogP contribution in [0, 0.1) is 6.07 Å². The van der Waals surface area contributed by atoms with E-state index in [2.05, 4.69) is 11.5 Å². The van der Waals surface area contributed by atoms with E-state index in [4.69, 9.17) is 4.84 Å². The molecule has 0 fully saturated rings. The maximum Gasteiger partial charge on any atom is 0.283 e. The molecule has 0 heterocycles. The molecule has 0 aliphatic carbocycles. The van der Waals surface area contributed by atoms with Crippen molar-refractivity contribution in [3.8, 4) is 5.75 Å². The first kappa shape index (κ1) is 10.2. The zero-order valence-corrected chi connectivity index (χ0v) is 8.51. The molecule has 79 valence electrons. The predicted molar refractivity (Wildman–Crippen MR) is 59.8 cm³/mol. The Morgan fingerprint density at radius 3 is 2.62 bits per heavy atom. The van der Waals surface area contributed by atoms with Gasteiger partial charge in [0.15, 0.2) is 5.75 Å². The molecule has 1 N–H and O–H groups in total. The van der Waals surface area contributed by atoms with Crippen LogP contribution in [-0.4, -0.2) is 5.91 Å². The lowest BCUT2D eigenvalue weighted by molar-refractivity contribution is 0.0760. The molecule has 0 bridgehead atoms. The largest absolute Gasteiger partial charge is 0.379 e. The number of hydrogen-bond acceptors (Lipinski definition) is 2. The third-order valence-corrected chi connectivity index (χ3v) is 1.97. The summed E-state index contributed by atoms with van der Waals surface area (Å²) in [6, 6.07) is 18.7. The van der Waals surface area contributed by atoms with Crippen molar-refractivity contribution in [3.63, 3.8) is 0 Å². The summed E-state index contributed by atoms with van der Waals surface area (Å²) in [6.07, 6.45) is 0. The average molecular weight is 212 g/mol. The van der Waals surface area contributed by atoms with Crippen LogP contribution in [0.4, 0.5) is 0 Å². The first-order valence-corrected chi connectivity index (χ1v) is 4.84. The third-order valence-electron chi connectivity index (χ3n) is 1.97. The summed E-state index contributed by atoms with van der Waals surface area (Å²) < 4.78 is 0. The first-order chi connectivity index (χ1) is 7.86. The smallest absolute Gasteiger partial charge is 0.283 e. The number of nitrogens with one attached hydrogen (secondary N) is 1. The summed E-state index contributed by atoms with van der Waals surface area (Å²) in [5.74, 6) is 0.302. The maximum atomic E-state index is 11.6. The molecule has 0 atom stereocenters. The highest BCUT2D eigenvalue weighted by atomic mass is 16.7. The van der Waals surface area contributed by atoms with E-state index in [1.807, 2.05) is 18.2 Å². The second-order valence-corrected chi connectivity index (χ2v) is 3.14. The SMILES string of the molecule is O=C(NOc1ccccc1)c1c[c]ccc1. The van der Waals surface area contributed by atoms with Gasteiger partial charge >= 0.3 is 0 Å². The molecule has 3 heteroatoms. The number of para-hydroxylation sites is 1. The molecule has 0 saturated heterocycles. The van der Waals surface area contributed by atoms with Crippen molar-refractivity contribution < 1.29 is 9.63 Å². The van der Waals surface area contributed by atoms with Crippen LogP contribution in [-0.2, 0) is 0 Å². The van der Waals surface area contributed by atoms with E-state index < -0.39 is 0 Å². The third kappa shape index (κ3) is 2.60. The molecule has 0 aromatic heterocycles. The molecular weight excluding hydrogens is 202 g/mol. The minimum absolute atomic E-state index is 0.291. The molecule has 1 amide bonds. The molecule has 16 heavy (non-hydrogen) atoms. The molecule has 2 aromatic carbocycles. The number of hydrogen-bond donors (Lipinski definition) is 1. The highest BCUT2D eigenvalue weighted by Gasteiger charge is 2.04. The average Bonchev–Trinajstić information content (AvgIpc) is 2.38. The van der Waals surface area contributed by atoms with Gasteiger partial charge in [0.1, 0.15) is 0 Å². The second-order valence-electron chi connectivity index (χ2n) is 3.14. The molecule has 0 saturated carbocycles. The first-order valence-electron chi connectivity index (χ1n) is 4.84. The standard InChI is InChI=1S/C13H10NO2/c15-13(11-7-3-1-4-8-11)14-16-12-9-5-2-6-10-12/h1-3,5-10H,(H,14,15). The topological polar surface area (TPSA) is 38.3 Å². The minimum Gasteiger partial charge on any atom is -0.379 e. The van der Waals surface area contributed by atoms with Gasteiger partial charge in [-0.3, -0.25) is 4.79 Å². The lowest BCUT2D eigenvalue weighted by Gasteiger charge is -2.06. The van der Waals surface area contributed by atoms with Gasteiger partial charge in [-0.25, -0.2) is 0 Å².